The number of anilines is 1. The lowest BCUT2D eigenvalue weighted by Gasteiger charge is -2.06. The maximum absolute atomic E-state index is 5.94. The van der Waals surface area contributed by atoms with Crippen molar-refractivity contribution < 1.29 is 4.74 Å². The molecule has 0 amide bonds. The number of aliphatic imine (C=N–C) groups is 1. The molecule has 1 saturated carbocycles. The first-order valence-electron chi connectivity index (χ1n) is 7.52. The predicted octanol–water partition coefficient (Wildman–Crippen LogP) is 3.84. The first kappa shape index (κ1) is 17.6. The number of hydrogen-bond donors (Lipinski definition) is 2. The molecule has 2 aromatic rings. The Kier molecular flexibility index (Phi) is 6.27. The molecular weight excluding hydrogens is 401 g/mol. The molecule has 0 saturated heterocycles. The van der Waals surface area contributed by atoms with Crippen molar-refractivity contribution in [3.63, 3.8) is 0 Å². The number of methoxy groups -OCH3 is 1. The van der Waals surface area contributed by atoms with Gasteiger partial charge in [0, 0.05) is 12.2 Å². The van der Waals surface area contributed by atoms with Crippen LogP contribution in [0.4, 0.5) is 5.69 Å². The zero-order chi connectivity index (χ0) is 15.4. The highest BCUT2D eigenvalue weighted by atomic mass is 127. The minimum absolute atomic E-state index is 0. The van der Waals surface area contributed by atoms with Gasteiger partial charge in [0.15, 0.2) is 5.96 Å². The summed E-state index contributed by atoms with van der Waals surface area (Å²) in [6.45, 7) is 0.772. The van der Waals surface area contributed by atoms with Crippen LogP contribution in [0, 0.1) is 5.92 Å². The summed E-state index contributed by atoms with van der Waals surface area (Å²) in [5.74, 6) is 2.53. The molecular formula is C18H22IN3O. The van der Waals surface area contributed by atoms with Gasteiger partial charge in [-0.05, 0) is 48.1 Å². The van der Waals surface area contributed by atoms with Gasteiger partial charge in [0.2, 0.25) is 0 Å². The van der Waals surface area contributed by atoms with Crippen molar-refractivity contribution in [3.05, 3.63) is 60.2 Å². The Labute approximate surface area is 154 Å². The Hall–Kier alpha value is -1.76. The van der Waals surface area contributed by atoms with Crippen LogP contribution in [-0.2, 0) is 0 Å². The molecule has 2 atom stereocenters. The number of nitrogens with one attached hydrogen (secondary N) is 1. The van der Waals surface area contributed by atoms with E-state index in [0.29, 0.717) is 17.8 Å². The Bertz CT molecular complexity index is 643. The van der Waals surface area contributed by atoms with E-state index in [1.165, 1.54) is 12.0 Å². The van der Waals surface area contributed by atoms with Crippen molar-refractivity contribution in [1.82, 2.24) is 0 Å². The molecule has 3 rings (SSSR count). The van der Waals surface area contributed by atoms with Gasteiger partial charge in [-0.3, -0.25) is 4.99 Å². The SMILES string of the molecule is COc1ccc(NC(N)=NCC2CC2c2ccccc2)cc1.I. The maximum atomic E-state index is 5.94. The Morgan fingerprint density at radius 3 is 2.52 bits per heavy atom. The lowest BCUT2D eigenvalue weighted by atomic mass is 10.1. The van der Waals surface area contributed by atoms with E-state index >= 15 is 0 Å². The molecule has 0 aromatic heterocycles. The third kappa shape index (κ3) is 4.86. The summed E-state index contributed by atoms with van der Waals surface area (Å²) in [6.07, 6.45) is 1.20. The lowest BCUT2D eigenvalue weighted by Crippen LogP contribution is -2.23. The zero-order valence-electron chi connectivity index (χ0n) is 13.1. The van der Waals surface area contributed by atoms with E-state index in [4.69, 9.17) is 10.5 Å². The maximum Gasteiger partial charge on any atom is 0.193 e. The molecule has 0 heterocycles. The topological polar surface area (TPSA) is 59.6 Å². The second kappa shape index (κ2) is 8.19. The minimum Gasteiger partial charge on any atom is -0.497 e. The highest BCUT2D eigenvalue weighted by molar-refractivity contribution is 14.0. The van der Waals surface area contributed by atoms with Gasteiger partial charge in [0.25, 0.3) is 0 Å². The summed E-state index contributed by atoms with van der Waals surface area (Å²) in [4.78, 5) is 4.45. The second-order valence-electron chi connectivity index (χ2n) is 5.59. The summed E-state index contributed by atoms with van der Waals surface area (Å²) in [5.41, 5.74) is 8.27. The highest BCUT2D eigenvalue weighted by Crippen LogP contribution is 2.47. The zero-order valence-corrected chi connectivity index (χ0v) is 15.4. The fraction of sp³-hybridized carbons (Fsp3) is 0.278. The van der Waals surface area contributed by atoms with Crippen molar-refractivity contribution in [2.24, 2.45) is 16.6 Å². The number of ether oxygens (including phenoxy) is 1. The number of halogens is 1. The van der Waals surface area contributed by atoms with Crippen molar-refractivity contribution in [1.29, 1.82) is 0 Å². The monoisotopic (exact) mass is 423 g/mol. The molecule has 23 heavy (non-hydrogen) atoms. The van der Waals surface area contributed by atoms with Gasteiger partial charge < -0.3 is 15.8 Å². The van der Waals surface area contributed by atoms with E-state index in [9.17, 15) is 0 Å². The summed E-state index contributed by atoms with van der Waals surface area (Å²) in [5, 5.41) is 3.10. The Balaban J connectivity index is 0.00000192. The van der Waals surface area contributed by atoms with Gasteiger partial charge in [0.05, 0.1) is 7.11 Å². The smallest absolute Gasteiger partial charge is 0.193 e. The fourth-order valence-corrected chi connectivity index (χ4v) is 2.64. The summed E-state index contributed by atoms with van der Waals surface area (Å²) < 4.78 is 5.13. The summed E-state index contributed by atoms with van der Waals surface area (Å²) in [6, 6.07) is 18.2. The van der Waals surface area contributed by atoms with Gasteiger partial charge >= 0.3 is 0 Å². The average molecular weight is 423 g/mol. The van der Waals surface area contributed by atoms with E-state index in [-0.39, 0.29) is 24.0 Å². The number of guanidine groups is 1. The van der Waals surface area contributed by atoms with Crippen LogP contribution < -0.4 is 15.8 Å². The Morgan fingerprint density at radius 1 is 1.17 bits per heavy atom. The van der Waals surface area contributed by atoms with E-state index in [1.54, 1.807) is 7.11 Å². The minimum atomic E-state index is 0. The molecule has 3 N–H and O–H groups in total. The van der Waals surface area contributed by atoms with E-state index in [1.807, 2.05) is 24.3 Å². The van der Waals surface area contributed by atoms with Crippen LogP contribution in [0.5, 0.6) is 5.75 Å². The number of hydrogen-bond acceptors (Lipinski definition) is 2. The number of rotatable bonds is 5. The largest absolute Gasteiger partial charge is 0.497 e. The van der Waals surface area contributed by atoms with Crippen molar-refractivity contribution in [2.75, 3.05) is 19.0 Å². The molecule has 1 fully saturated rings. The average Bonchev–Trinajstić information content (AvgIpc) is 3.34. The lowest BCUT2D eigenvalue weighted by molar-refractivity contribution is 0.415. The fourth-order valence-electron chi connectivity index (χ4n) is 2.64. The number of nitrogens with zero attached hydrogens (tertiary/aromatic N) is 1. The van der Waals surface area contributed by atoms with Crippen LogP contribution >= 0.6 is 24.0 Å². The van der Waals surface area contributed by atoms with Crippen molar-refractivity contribution >= 4 is 35.6 Å². The molecule has 0 spiro atoms. The first-order chi connectivity index (χ1) is 10.8. The molecule has 0 aliphatic heterocycles. The third-order valence-electron chi connectivity index (χ3n) is 4.01. The van der Waals surface area contributed by atoms with Crippen molar-refractivity contribution in [2.45, 2.75) is 12.3 Å². The predicted molar refractivity (Wildman–Crippen MR) is 106 cm³/mol. The van der Waals surface area contributed by atoms with Gasteiger partial charge in [-0.1, -0.05) is 30.3 Å². The normalized spacial score (nSPS) is 19.6. The van der Waals surface area contributed by atoms with Crippen LogP contribution in [0.3, 0.4) is 0 Å². The van der Waals surface area contributed by atoms with E-state index < -0.39 is 0 Å². The first-order valence-corrected chi connectivity index (χ1v) is 7.52. The molecule has 122 valence electrons. The molecule has 5 heteroatoms. The van der Waals surface area contributed by atoms with Crippen LogP contribution in [0.1, 0.15) is 17.9 Å². The van der Waals surface area contributed by atoms with Gasteiger partial charge in [-0.25, -0.2) is 0 Å². The summed E-state index contributed by atoms with van der Waals surface area (Å²) >= 11 is 0. The molecule has 1 aliphatic carbocycles. The standard InChI is InChI=1S/C18H21N3O.HI/c1-22-16-9-7-15(8-10-16)21-18(19)20-12-14-11-17(14)13-5-3-2-4-6-13;/h2-10,14,17H,11-12H2,1H3,(H3,19,20,21);1H. The van der Waals surface area contributed by atoms with Crippen LogP contribution in [0.2, 0.25) is 0 Å². The molecule has 0 bridgehead atoms. The number of nitrogens with two attached hydrogens (primary N) is 1. The third-order valence-corrected chi connectivity index (χ3v) is 4.01. The van der Waals surface area contributed by atoms with Crippen LogP contribution in [-0.4, -0.2) is 19.6 Å². The van der Waals surface area contributed by atoms with Crippen LogP contribution in [0.15, 0.2) is 59.6 Å². The van der Waals surface area contributed by atoms with E-state index in [0.717, 1.165) is 18.0 Å². The second-order valence-corrected chi connectivity index (χ2v) is 5.59. The van der Waals surface area contributed by atoms with Crippen molar-refractivity contribution in [3.8, 4) is 5.75 Å². The molecule has 2 unspecified atom stereocenters. The number of benzene rings is 2. The molecule has 0 radical (unpaired) electrons. The quantitative estimate of drug-likeness (QED) is 0.437. The van der Waals surface area contributed by atoms with Gasteiger partial charge in [-0.2, -0.15) is 0 Å². The van der Waals surface area contributed by atoms with Crippen LogP contribution in [0.25, 0.3) is 0 Å². The van der Waals surface area contributed by atoms with Gasteiger partial charge in [0.1, 0.15) is 5.75 Å². The Morgan fingerprint density at radius 2 is 1.87 bits per heavy atom. The summed E-state index contributed by atoms with van der Waals surface area (Å²) in [7, 11) is 1.65. The van der Waals surface area contributed by atoms with E-state index in [2.05, 4.69) is 40.6 Å². The molecule has 2 aromatic carbocycles. The molecule has 1 aliphatic rings. The molecule has 4 nitrogen and oxygen atoms in total. The highest BCUT2D eigenvalue weighted by Gasteiger charge is 2.37. The van der Waals surface area contributed by atoms with Gasteiger partial charge in [-0.15, -0.1) is 24.0 Å².